The van der Waals surface area contributed by atoms with Gasteiger partial charge in [0.05, 0.1) is 13.2 Å². The predicted molar refractivity (Wildman–Crippen MR) is 427 cm³/mol. The molecule has 6 aromatic heterocycles. The lowest BCUT2D eigenvalue weighted by Gasteiger charge is -2.18. The molecule has 0 saturated carbocycles. The highest BCUT2D eigenvalue weighted by atomic mass is 16.5. The van der Waals surface area contributed by atoms with Crippen LogP contribution < -0.4 is 9.47 Å². The molecule has 0 N–H and O–H groups in total. The number of benzene rings is 9. The molecular formula is C90H90N12O8. The predicted octanol–water partition coefficient (Wildman–Crippen LogP) is 23.2. The van der Waals surface area contributed by atoms with Gasteiger partial charge in [0.25, 0.3) is 0 Å². The molecule has 0 radical (unpaired) electrons. The summed E-state index contributed by atoms with van der Waals surface area (Å²) in [4.78, 5) is 0. The Morgan fingerprint density at radius 1 is 0.264 bits per heavy atom. The molecule has 0 amide bonds. The first-order valence-corrected chi connectivity index (χ1v) is 37.8. The van der Waals surface area contributed by atoms with Crippen molar-refractivity contribution in [2.24, 2.45) is 5.92 Å². The third-order valence-electron chi connectivity index (χ3n) is 18.4. The van der Waals surface area contributed by atoms with E-state index in [4.69, 9.17) is 36.0 Å². The maximum absolute atomic E-state index is 5.95. The van der Waals surface area contributed by atoms with Crippen LogP contribution in [-0.2, 0) is 11.8 Å². The van der Waals surface area contributed by atoms with Crippen LogP contribution in [0.3, 0.4) is 0 Å². The van der Waals surface area contributed by atoms with Gasteiger partial charge in [0, 0.05) is 66.8 Å². The molecule has 6 heterocycles. The van der Waals surface area contributed by atoms with Crippen molar-refractivity contribution in [1.29, 1.82) is 0 Å². The first-order valence-electron chi connectivity index (χ1n) is 37.8. The van der Waals surface area contributed by atoms with E-state index in [9.17, 15) is 0 Å². The molecule has 15 aromatic rings. The molecule has 0 bridgehead atoms. The Morgan fingerprint density at radius 3 is 0.700 bits per heavy atom. The number of ether oxygens (including phenoxy) is 2. The number of rotatable bonds is 28. The summed E-state index contributed by atoms with van der Waals surface area (Å²) in [7, 11) is 0. The molecule has 9 aromatic carbocycles. The van der Waals surface area contributed by atoms with Crippen LogP contribution in [-0.4, -0.2) is 74.4 Å². The van der Waals surface area contributed by atoms with E-state index in [0.29, 0.717) is 76.6 Å². The van der Waals surface area contributed by atoms with Gasteiger partial charge in [0.2, 0.25) is 70.7 Å². The third kappa shape index (κ3) is 20.2. The fourth-order valence-electron chi connectivity index (χ4n) is 11.9. The van der Waals surface area contributed by atoms with Gasteiger partial charge in [-0.2, -0.15) is 0 Å². The molecule has 0 aliphatic rings. The monoisotopic (exact) mass is 1470 g/mol. The van der Waals surface area contributed by atoms with Crippen LogP contribution in [0.15, 0.2) is 245 Å². The second-order valence-corrected chi connectivity index (χ2v) is 28.6. The Labute approximate surface area is 640 Å². The topological polar surface area (TPSA) is 252 Å². The molecule has 0 fully saturated rings. The first kappa shape index (κ1) is 75.6. The Kier molecular flexibility index (Phi) is 25.0. The van der Waals surface area contributed by atoms with E-state index < -0.39 is 0 Å². The number of unbranched alkanes of at least 4 members (excludes halogenated alkanes) is 8. The summed E-state index contributed by atoms with van der Waals surface area (Å²) in [6.45, 7) is 21.0. The minimum atomic E-state index is 0.0947. The molecule has 110 heavy (non-hydrogen) atoms. The average molecular weight is 1470 g/mol. The molecular weight excluding hydrogens is 1380 g/mol. The Bertz CT molecular complexity index is 5310. The standard InChI is InChI=1S/C31H32N4O3.C30H30N4O2.C29H28N4O3/c1-3-4-5-6-7-8-21-36-27-19-17-26(18-20-27)31-35-34-30(38-31)25-15-13-24(14-16-25)29-33-32-28(37-29)23-11-9-22(2)10-12-23;1-19(2)18-20-6-8-21(9-7-20)26-31-32-27(35-26)22-10-12-23(13-11-22)28-33-34-29(36-28)24-14-16-25(17-15-24)30(3,4)5;1-3-4-5-6-19-34-25-17-15-24(16-18-25)29-33-32-28(36-29)23-13-11-22(12-14-23)27-31-30-26(35-27)21-9-7-20(2)8-10-21/h9-20H,3-8,21H2,1-2H3;6-17,19H,18H2,1-5H3;7-18H,3-6,19H2,1-2H3. The van der Waals surface area contributed by atoms with Gasteiger partial charge in [0.1, 0.15) is 11.5 Å². The summed E-state index contributed by atoms with van der Waals surface area (Å²) < 4.78 is 47.2. The number of hydrogen-bond donors (Lipinski definition) is 0. The zero-order valence-electron chi connectivity index (χ0n) is 63.7. The molecule has 20 nitrogen and oxygen atoms in total. The van der Waals surface area contributed by atoms with E-state index >= 15 is 0 Å². The SMILES string of the molecule is CC(C)Cc1ccc(-c2nnc(-c3ccc(-c4nnc(-c5ccc(C(C)(C)C)cc5)o4)cc3)o2)cc1.CCCCCCCCOc1ccc(-c2nnc(-c3ccc(-c4nnc(-c5ccc(C)cc5)o4)cc3)o2)cc1.CCCCCCOc1ccc(-c2nnc(-c3ccc(-c4nnc(-c5ccc(C)cc5)o4)cc3)o2)cc1. The maximum atomic E-state index is 5.95. The molecule has 0 spiro atoms. The van der Waals surface area contributed by atoms with Crippen LogP contribution in [0.2, 0.25) is 0 Å². The van der Waals surface area contributed by atoms with E-state index in [1.165, 1.54) is 73.6 Å². The van der Waals surface area contributed by atoms with Crippen molar-refractivity contribution in [3.8, 4) is 149 Å². The lowest BCUT2D eigenvalue weighted by molar-refractivity contribution is 0.304. The summed E-state index contributed by atoms with van der Waals surface area (Å²) in [5.74, 6) is 7.95. The Morgan fingerprint density at radius 2 is 0.464 bits per heavy atom. The number of hydrogen-bond acceptors (Lipinski definition) is 20. The van der Waals surface area contributed by atoms with Crippen LogP contribution in [0.5, 0.6) is 11.5 Å². The second-order valence-electron chi connectivity index (χ2n) is 28.6. The van der Waals surface area contributed by atoms with Crippen molar-refractivity contribution < 1.29 is 36.0 Å². The quantitative estimate of drug-likeness (QED) is 0.0413. The summed E-state index contributed by atoms with van der Waals surface area (Å²) in [5.41, 5.74) is 15.2. The molecule has 0 saturated heterocycles. The number of nitrogens with zero attached hydrogens (tertiary/aromatic N) is 12. The maximum Gasteiger partial charge on any atom is 0.248 e. The fourth-order valence-corrected chi connectivity index (χ4v) is 11.9. The van der Waals surface area contributed by atoms with Gasteiger partial charge in [-0.25, -0.2) is 0 Å². The molecule has 0 unspecified atom stereocenters. The second kappa shape index (κ2) is 36.3. The van der Waals surface area contributed by atoms with Gasteiger partial charge < -0.3 is 36.0 Å². The highest BCUT2D eigenvalue weighted by Crippen LogP contribution is 2.35. The van der Waals surface area contributed by atoms with E-state index in [1.807, 2.05) is 208 Å². The fraction of sp³-hybridized carbons (Fsp3) is 0.267. The third-order valence-corrected chi connectivity index (χ3v) is 18.4. The lowest BCUT2D eigenvalue weighted by Crippen LogP contribution is -2.10. The Hall–Kier alpha value is -12.6. The van der Waals surface area contributed by atoms with Gasteiger partial charge >= 0.3 is 0 Å². The van der Waals surface area contributed by atoms with Crippen molar-refractivity contribution in [3.05, 3.63) is 241 Å². The molecule has 0 aliphatic carbocycles. The summed E-state index contributed by atoms with van der Waals surface area (Å²) in [6, 6.07) is 70.9. The molecule has 558 valence electrons. The smallest absolute Gasteiger partial charge is 0.248 e. The summed E-state index contributed by atoms with van der Waals surface area (Å²) in [6.07, 6.45) is 13.3. The molecule has 20 heteroatoms. The molecule has 0 atom stereocenters. The van der Waals surface area contributed by atoms with Gasteiger partial charge in [-0.05, 0) is 225 Å². The van der Waals surface area contributed by atoms with Gasteiger partial charge in [-0.1, -0.05) is 159 Å². The normalized spacial score (nSPS) is 11.3. The van der Waals surface area contributed by atoms with Crippen LogP contribution in [0.4, 0.5) is 0 Å². The van der Waals surface area contributed by atoms with E-state index in [0.717, 1.165) is 111 Å². The van der Waals surface area contributed by atoms with Crippen molar-refractivity contribution in [2.75, 3.05) is 13.2 Å². The summed E-state index contributed by atoms with van der Waals surface area (Å²) >= 11 is 0. The highest BCUT2D eigenvalue weighted by Gasteiger charge is 2.20. The van der Waals surface area contributed by atoms with Crippen LogP contribution >= 0.6 is 0 Å². The van der Waals surface area contributed by atoms with Gasteiger partial charge in [-0.15, -0.1) is 61.2 Å². The van der Waals surface area contributed by atoms with Crippen molar-refractivity contribution in [1.82, 2.24) is 61.2 Å². The van der Waals surface area contributed by atoms with Gasteiger partial charge in [0.15, 0.2) is 0 Å². The van der Waals surface area contributed by atoms with Crippen LogP contribution in [0.25, 0.3) is 137 Å². The van der Waals surface area contributed by atoms with E-state index in [2.05, 4.69) is 134 Å². The van der Waals surface area contributed by atoms with Crippen LogP contribution in [0, 0.1) is 19.8 Å². The minimum Gasteiger partial charge on any atom is -0.494 e. The highest BCUT2D eigenvalue weighted by molar-refractivity contribution is 5.68. The zero-order chi connectivity index (χ0) is 76.2. The molecule has 0 aliphatic heterocycles. The lowest BCUT2D eigenvalue weighted by atomic mass is 9.87. The number of aryl methyl sites for hydroxylation is 2. The Balaban J connectivity index is 0.000000145. The van der Waals surface area contributed by atoms with Gasteiger partial charge in [-0.3, -0.25) is 0 Å². The van der Waals surface area contributed by atoms with E-state index in [-0.39, 0.29) is 5.41 Å². The first-order chi connectivity index (χ1) is 53.6. The van der Waals surface area contributed by atoms with Crippen LogP contribution in [0.1, 0.15) is 135 Å². The van der Waals surface area contributed by atoms with Crippen molar-refractivity contribution in [3.63, 3.8) is 0 Å². The number of aromatic nitrogens is 12. The minimum absolute atomic E-state index is 0.0947. The van der Waals surface area contributed by atoms with E-state index in [1.54, 1.807) is 0 Å². The largest absolute Gasteiger partial charge is 0.494 e. The average Bonchev–Trinajstić information content (AvgIpc) is 1.89. The zero-order valence-corrected chi connectivity index (χ0v) is 63.7. The van der Waals surface area contributed by atoms with Crippen molar-refractivity contribution >= 4 is 0 Å². The van der Waals surface area contributed by atoms with Crippen molar-refractivity contribution in [2.45, 2.75) is 138 Å². The molecule has 15 rings (SSSR count). The summed E-state index contributed by atoms with van der Waals surface area (Å²) in [5, 5.41) is 50.6.